The number of halogens is 1. The van der Waals surface area contributed by atoms with Crippen molar-refractivity contribution in [3.63, 3.8) is 0 Å². The molecule has 3 nitrogen and oxygen atoms in total. The van der Waals surface area contributed by atoms with Crippen LogP contribution in [0.2, 0.25) is 0 Å². The Bertz CT molecular complexity index is 232. The maximum atomic E-state index is 13.6. The van der Waals surface area contributed by atoms with Gasteiger partial charge in [-0.3, -0.25) is 4.90 Å². The molecule has 0 aromatic carbocycles. The Morgan fingerprint density at radius 1 is 1.43 bits per heavy atom. The number of nitrogens with zero attached hydrogens (tertiary/aromatic N) is 1. The van der Waals surface area contributed by atoms with E-state index in [0.717, 1.165) is 39.1 Å². The second kappa shape index (κ2) is 3.15. The van der Waals surface area contributed by atoms with Crippen LogP contribution in [0.3, 0.4) is 0 Å². The van der Waals surface area contributed by atoms with Gasteiger partial charge in [-0.25, -0.2) is 4.39 Å². The van der Waals surface area contributed by atoms with Gasteiger partial charge in [0.25, 0.3) is 0 Å². The maximum Gasteiger partial charge on any atom is 0.123 e. The van der Waals surface area contributed by atoms with Crippen molar-refractivity contribution in [3.8, 4) is 0 Å². The van der Waals surface area contributed by atoms with Crippen LogP contribution in [0.25, 0.3) is 0 Å². The average Bonchev–Trinajstić information content (AvgIpc) is 2.73. The van der Waals surface area contributed by atoms with Crippen molar-refractivity contribution in [1.82, 2.24) is 10.2 Å². The summed E-state index contributed by atoms with van der Waals surface area (Å²) in [5, 5.41) is 3.31. The van der Waals surface area contributed by atoms with Gasteiger partial charge in [-0.1, -0.05) is 0 Å². The lowest BCUT2D eigenvalue weighted by molar-refractivity contribution is -0.0551. The molecule has 0 aromatic heterocycles. The standard InChI is InChI=1S/C10H17FN2O/c11-10(1-2-10)7-13-3-4-14-9-6-12-5-8(9)13/h8-9,12H,1-7H2/t8-,9-/m1/s1. The molecule has 2 heterocycles. The third-order valence-electron chi connectivity index (χ3n) is 3.59. The monoisotopic (exact) mass is 200 g/mol. The molecule has 14 heavy (non-hydrogen) atoms. The molecule has 4 heteroatoms. The van der Waals surface area contributed by atoms with Gasteiger partial charge in [-0.2, -0.15) is 0 Å². The lowest BCUT2D eigenvalue weighted by atomic mass is 10.1. The summed E-state index contributed by atoms with van der Waals surface area (Å²) in [6.45, 7) is 4.17. The van der Waals surface area contributed by atoms with Gasteiger partial charge in [-0.05, 0) is 12.8 Å². The van der Waals surface area contributed by atoms with E-state index in [9.17, 15) is 4.39 Å². The van der Waals surface area contributed by atoms with Crippen molar-refractivity contribution in [2.24, 2.45) is 0 Å². The first kappa shape index (κ1) is 9.07. The molecule has 3 aliphatic rings. The number of hydrogen-bond donors (Lipinski definition) is 1. The van der Waals surface area contributed by atoms with Gasteiger partial charge in [0.2, 0.25) is 0 Å². The van der Waals surface area contributed by atoms with Crippen molar-refractivity contribution < 1.29 is 9.13 Å². The van der Waals surface area contributed by atoms with E-state index in [1.807, 2.05) is 0 Å². The number of rotatable bonds is 2. The molecule has 3 fully saturated rings. The number of fused-ring (bicyclic) bond motifs is 1. The number of nitrogens with one attached hydrogen (secondary N) is 1. The summed E-state index contributed by atoms with van der Waals surface area (Å²) in [5.41, 5.74) is -0.857. The van der Waals surface area contributed by atoms with E-state index in [0.29, 0.717) is 18.7 Å². The summed E-state index contributed by atoms with van der Waals surface area (Å²) in [5.74, 6) is 0. The lowest BCUT2D eigenvalue weighted by Gasteiger charge is -2.37. The van der Waals surface area contributed by atoms with Crippen LogP contribution in [0.1, 0.15) is 12.8 Å². The quantitative estimate of drug-likeness (QED) is 0.687. The molecule has 2 atom stereocenters. The normalized spacial score (nSPS) is 40.9. The fourth-order valence-corrected chi connectivity index (χ4v) is 2.52. The Hall–Kier alpha value is -0.190. The molecular weight excluding hydrogens is 183 g/mol. The smallest absolute Gasteiger partial charge is 0.123 e. The second-order valence-corrected chi connectivity index (χ2v) is 4.76. The molecule has 0 unspecified atom stereocenters. The van der Waals surface area contributed by atoms with Crippen molar-refractivity contribution in [3.05, 3.63) is 0 Å². The molecule has 1 aliphatic carbocycles. The van der Waals surface area contributed by atoms with Crippen LogP contribution in [0.5, 0.6) is 0 Å². The molecule has 0 bridgehead atoms. The van der Waals surface area contributed by atoms with E-state index in [2.05, 4.69) is 10.2 Å². The summed E-state index contributed by atoms with van der Waals surface area (Å²) in [6.07, 6.45) is 1.82. The molecule has 0 spiro atoms. The minimum Gasteiger partial charge on any atom is -0.374 e. The highest BCUT2D eigenvalue weighted by Gasteiger charge is 2.47. The highest BCUT2D eigenvalue weighted by molar-refractivity contribution is 5.01. The molecule has 1 saturated carbocycles. The van der Waals surface area contributed by atoms with Crippen molar-refractivity contribution in [2.45, 2.75) is 30.7 Å². The molecule has 0 amide bonds. The van der Waals surface area contributed by atoms with Gasteiger partial charge in [0, 0.05) is 32.2 Å². The van der Waals surface area contributed by atoms with E-state index in [1.165, 1.54) is 0 Å². The van der Waals surface area contributed by atoms with E-state index in [-0.39, 0.29) is 0 Å². The number of morpholine rings is 1. The number of ether oxygens (including phenoxy) is 1. The topological polar surface area (TPSA) is 24.5 Å². The summed E-state index contributed by atoms with van der Waals surface area (Å²) in [4.78, 5) is 2.28. The van der Waals surface area contributed by atoms with Crippen LogP contribution < -0.4 is 5.32 Å². The molecule has 3 rings (SSSR count). The average molecular weight is 200 g/mol. The maximum absolute atomic E-state index is 13.6. The molecular formula is C10H17FN2O. The zero-order valence-corrected chi connectivity index (χ0v) is 8.34. The largest absolute Gasteiger partial charge is 0.374 e. The SMILES string of the molecule is FC1(CN2CCO[C@@H]3CNC[C@H]32)CC1. The van der Waals surface area contributed by atoms with E-state index in [1.54, 1.807) is 0 Å². The molecule has 0 radical (unpaired) electrons. The Labute approximate surface area is 83.6 Å². The fraction of sp³-hybridized carbons (Fsp3) is 1.00. The van der Waals surface area contributed by atoms with Crippen LogP contribution in [0.4, 0.5) is 4.39 Å². The first-order valence-electron chi connectivity index (χ1n) is 5.52. The molecule has 2 saturated heterocycles. The number of hydrogen-bond acceptors (Lipinski definition) is 3. The minimum atomic E-state index is -0.857. The van der Waals surface area contributed by atoms with Crippen LogP contribution in [0, 0.1) is 0 Å². The van der Waals surface area contributed by atoms with Gasteiger partial charge >= 0.3 is 0 Å². The first-order chi connectivity index (χ1) is 6.77. The van der Waals surface area contributed by atoms with Gasteiger partial charge in [-0.15, -0.1) is 0 Å². The fourth-order valence-electron chi connectivity index (χ4n) is 2.52. The Morgan fingerprint density at radius 2 is 2.29 bits per heavy atom. The Kier molecular flexibility index (Phi) is 2.04. The predicted molar refractivity (Wildman–Crippen MR) is 51.0 cm³/mol. The minimum absolute atomic E-state index is 0.297. The third-order valence-corrected chi connectivity index (χ3v) is 3.59. The zero-order chi connectivity index (χ0) is 9.60. The Balaban J connectivity index is 1.65. The van der Waals surface area contributed by atoms with Crippen LogP contribution in [-0.4, -0.2) is 55.5 Å². The van der Waals surface area contributed by atoms with Gasteiger partial charge in [0.15, 0.2) is 0 Å². The highest BCUT2D eigenvalue weighted by Crippen LogP contribution is 2.41. The molecule has 1 N–H and O–H groups in total. The van der Waals surface area contributed by atoms with E-state index >= 15 is 0 Å². The van der Waals surface area contributed by atoms with Crippen LogP contribution >= 0.6 is 0 Å². The Morgan fingerprint density at radius 3 is 3.07 bits per heavy atom. The van der Waals surface area contributed by atoms with E-state index < -0.39 is 5.67 Å². The second-order valence-electron chi connectivity index (χ2n) is 4.76. The van der Waals surface area contributed by atoms with Crippen molar-refractivity contribution in [2.75, 3.05) is 32.8 Å². The van der Waals surface area contributed by atoms with Gasteiger partial charge in [0.05, 0.1) is 12.7 Å². The zero-order valence-electron chi connectivity index (χ0n) is 8.34. The van der Waals surface area contributed by atoms with Gasteiger partial charge in [0.1, 0.15) is 5.67 Å². The lowest BCUT2D eigenvalue weighted by Crippen LogP contribution is -2.52. The number of alkyl halides is 1. The summed E-state index contributed by atoms with van der Waals surface area (Å²) >= 11 is 0. The van der Waals surface area contributed by atoms with Crippen LogP contribution in [-0.2, 0) is 4.74 Å². The summed E-state index contributed by atoms with van der Waals surface area (Å²) in [6, 6.07) is 0.414. The third kappa shape index (κ3) is 1.55. The molecule has 2 aliphatic heterocycles. The van der Waals surface area contributed by atoms with E-state index in [4.69, 9.17) is 4.74 Å². The summed E-state index contributed by atoms with van der Waals surface area (Å²) < 4.78 is 19.3. The first-order valence-corrected chi connectivity index (χ1v) is 5.52. The molecule has 0 aromatic rings. The van der Waals surface area contributed by atoms with Crippen molar-refractivity contribution in [1.29, 1.82) is 0 Å². The predicted octanol–water partition coefficient (Wildman–Crippen LogP) is 0.161. The van der Waals surface area contributed by atoms with Crippen molar-refractivity contribution >= 4 is 0 Å². The van der Waals surface area contributed by atoms with Gasteiger partial charge < -0.3 is 10.1 Å². The van der Waals surface area contributed by atoms with Crippen LogP contribution in [0.15, 0.2) is 0 Å². The highest BCUT2D eigenvalue weighted by atomic mass is 19.1. The molecule has 80 valence electrons. The summed E-state index contributed by atoms with van der Waals surface area (Å²) in [7, 11) is 0.